The van der Waals surface area contributed by atoms with E-state index in [0.717, 1.165) is 17.0 Å². The summed E-state index contributed by atoms with van der Waals surface area (Å²) >= 11 is 1.25. The maximum atomic E-state index is 14.0. The number of hydrogen-bond acceptors (Lipinski definition) is 3. The molecule has 1 aromatic heterocycles. The van der Waals surface area contributed by atoms with E-state index in [1.54, 1.807) is 41.1 Å². The molecule has 190 valence electrons. The molecule has 1 N–H and O–H groups in total. The van der Waals surface area contributed by atoms with E-state index in [4.69, 9.17) is 0 Å². The van der Waals surface area contributed by atoms with Gasteiger partial charge in [-0.25, -0.2) is 4.39 Å². The van der Waals surface area contributed by atoms with Gasteiger partial charge in [0.2, 0.25) is 0 Å². The van der Waals surface area contributed by atoms with E-state index in [1.807, 2.05) is 6.92 Å². The Labute approximate surface area is 213 Å². The fraction of sp³-hybridized carbons (Fsp3) is 0.148. The number of amides is 2. The molecule has 0 fully saturated rings. The molecule has 4 aromatic rings. The van der Waals surface area contributed by atoms with E-state index in [9.17, 15) is 27.2 Å². The molecule has 5 nitrogen and oxygen atoms in total. The first-order chi connectivity index (χ1) is 17.6. The minimum absolute atomic E-state index is 0.0838. The molecular formula is C27H21F4N3O2S. The zero-order chi connectivity index (χ0) is 26.6. The molecule has 0 aliphatic rings. The smallest absolute Gasteiger partial charge is 0.348 e. The van der Waals surface area contributed by atoms with Crippen LogP contribution in [0, 0.1) is 12.7 Å². The van der Waals surface area contributed by atoms with E-state index in [2.05, 4.69) is 10.3 Å². The largest absolute Gasteiger partial charge is 0.416 e. The van der Waals surface area contributed by atoms with Gasteiger partial charge in [0.1, 0.15) is 5.82 Å². The summed E-state index contributed by atoms with van der Waals surface area (Å²) in [7, 11) is 0. The van der Waals surface area contributed by atoms with Crippen LogP contribution in [-0.4, -0.2) is 16.4 Å². The van der Waals surface area contributed by atoms with Gasteiger partial charge in [0.15, 0.2) is 4.80 Å². The molecule has 0 saturated heterocycles. The fourth-order valence-electron chi connectivity index (χ4n) is 3.68. The summed E-state index contributed by atoms with van der Waals surface area (Å²) in [4.78, 5) is 30.8. The van der Waals surface area contributed by atoms with Crippen LogP contribution in [0.4, 0.5) is 17.6 Å². The first kappa shape index (κ1) is 26.0. The van der Waals surface area contributed by atoms with Crippen LogP contribution < -0.4 is 10.1 Å². The highest BCUT2D eigenvalue weighted by molar-refractivity contribution is 7.09. The first-order valence-corrected chi connectivity index (χ1v) is 12.0. The quantitative estimate of drug-likeness (QED) is 0.325. The zero-order valence-corrected chi connectivity index (χ0v) is 20.4. The maximum Gasteiger partial charge on any atom is 0.416 e. The number of hydrogen-bond donors (Lipinski definition) is 1. The lowest BCUT2D eigenvalue weighted by Gasteiger charge is -2.12. The number of aryl methyl sites for hydroxylation is 1. The Kier molecular flexibility index (Phi) is 7.68. The van der Waals surface area contributed by atoms with Crippen LogP contribution in [0.5, 0.6) is 0 Å². The number of alkyl halides is 3. The molecule has 1 heterocycles. The van der Waals surface area contributed by atoms with Crippen LogP contribution in [-0.2, 0) is 19.3 Å². The zero-order valence-electron chi connectivity index (χ0n) is 19.6. The van der Waals surface area contributed by atoms with Crippen molar-refractivity contribution in [1.29, 1.82) is 0 Å². The molecule has 4 rings (SSSR count). The molecule has 3 aromatic carbocycles. The van der Waals surface area contributed by atoms with Gasteiger partial charge in [-0.3, -0.25) is 9.59 Å². The lowest BCUT2D eigenvalue weighted by molar-refractivity contribution is -0.137. The summed E-state index contributed by atoms with van der Waals surface area (Å²) in [5.74, 6) is -1.85. The van der Waals surface area contributed by atoms with Gasteiger partial charge in [-0.1, -0.05) is 42.5 Å². The number of nitrogens with one attached hydrogen (secondary N) is 1. The Morgan fingerprint density at radius 3 is 2.41 bits per heavy atom. The van der Waals surface area contributed by atoms with Crippen molar-refractivity contribution in [3.8, 4) is 0 Å². The highest BCUT2D eigenvalue weighted by atomic mass is 32.1. The Morgan fingerprint density at radius 1 is 0.973 bits per heavy atom. The van der Waals surface area contributed by atoms with Gasteiger partial charge in [-0.15, -0.1) is 11.3 Å². The Hall–Kier alpha value is -4.05. The molecule has 0 radical (unpaired) electrons. The van der Waals surface area contributed by atoms with Crippen LogP contribution in [0.1, 0.15) is 42.3 Å². The predicted molar refractivity (Wildman–Crippen MR) is 131 cm³/mol. The van der Waals surface area contributed by atoms with Crippen LogP contribution in [0.2, 0.25) is 0 Å². The highest BCUT2D eigenvalue weighted by Gasteiger charge is 2.30. The van der Waals surface area contributed by atoms with Crippen molar-refractivity contribution < 1.29 is 27.2 Å². The number of thiazole rings is 1. The van der Waals surface area contributed by atoms with E-state index in [0.29, 0.717) is 21.5 Å². The summed E-state index contributed by atoms with van der Waals surface area (Å²) in [6.45, 7) is 1.95. The summed E-state index contributed by atoms with van der Waals surface area (Å²) in [5.41, 5.74) is 0.328. The molecule has 0 spiro atoms. The Morgan fingerprint density at radius 2 is 1.68 bits per heavy atom. The van der Waals surface area contributed by atoms with Crippen molar-refractivity contribution in [2.24, 2.45) is 4.99 Å². The number of carbonyl (C=O) groups excluding carboxylic acids is 2. The highest BCUT2D eigenvalue weighted by Crippen LogP contribution is 2.29. The van der Waals surface area contributed by atoms with E-state index >= 15 is 0 Å². The van der Waals surface area contributed by atoms with Gasteiger partial charge in [0.25, 0.3) is 11.8 Å². The normalized spacial score (nSPS) is 12.0. The fourth-order valence-corrected chi connectivity index (χ4v) is 4.52. The predicted octanol–water partition coefficient (Wildman–Crippen LogP) is 5.74. The molecule has 10 heteroatoms. The van der Waals surface area contributed by atoms with Crippen molar-refractivity contribution >= 4 is 23.2 Å². The van der Waals surface area contributed by atoms with Crippen molar-refractivity contribution in [3.05, 3.63) is 122 Å². The number of halogens is 4. The summed E-state index contributed by atoms with van der Waals surface area (Å²) in [5, 5.41) is 2.67. The Bertz CT molecular complexity index is 1520. The third-order valence-corrected chi connectivity index (χ3v) is 6.38. The van der Waals surface area contributed by atoms with E-state index in [-0.39, 0.29) is 18.7 Å². The second-order valence-electron chi connectivity index (χ2n) is 8.19. The minimum Gasteiger partial charge on any atom is -0.348 e. The third-order valence-electron chi connectivity index (χ3n) is 5.45. The molecule has 0 bridgehead atoms. The molecule has 2 amide bonds. The number of benzene rings is 3. The monoisotopic (exact) mass is 527 g/mol. The average molecular weight is 528 g/mol. The lowest BCUT2D eigenvalue weighted by atomic mass is 10.1. The molecule has 0 saturated carbocycles. The maximum absolute atomic E-state index is 14.0. The summed E-state index contributed by atoms with van der Waals surface area (Å²) in [6.07, 6.45) is -2.70. The molecule has 0 unspecified atom stereocenters. The number of carbonyl (C=O) groups is 2. The van der Waals surface area contributed by atoms with Crippen molar-refractivity contribution in [1.82, 2.24) is 9.88 Å². The molecule has 37 heavy (non-hydrogen) atoms. The SMILES string of the molecule is Cc1cn(Cc2ccccc2C(=O)NCc2cccc(C(F)(F)F)c2)c(=NC(=O)c2ccccc2F)s1. The lowest BCUT2D eigenvalue weighted by Crippen LogP contribution is -2.25. The van der Waals surface area contributed by atoms with Crippen molar-refractivity contribution in [2.45, 2.75) is 26.2 Å². The molecule has 0 aliphatic heterocycles. The van der Waals surface area contributed by atoms with Crippen molar-refractivity contribution in [2.75, 3.05) is 0 Å². The van der Waals surface area contributed by atoms with Crippen LogP contribution in [0.15, 0.2) is 84.0 Å². The molecule has 0 aliphatic carbocycles. The first-order valence-electron chi connectivity index (χ1n) is 11.1. The van der Waals surface area contributed by atoms with E-state index < -0.39 is 29.4 Å². The second-order valence-corrected chi connectivity index (χ2v) is 9.40. The number of nitrogens with zero attached hydrogens (tertiary/aromatic N) is 2. The minimum atomic E-state index is -4.47. The summed E-state index contributed by atoms with van der Waals surface area (Å²) in [6, 6.07) is 17.1. The van der Waals surface area contributed by atoms with Crippen LogP contribution in [0.25, 0.3) is 0 Å². The Balaban J connectivity index is 1.56. The third kappa shape index (κ3) is 6.39. The van der Waals surface area contributed by atoms with Gasteiger partial charge in [0.05, 0.1) is 17.7 Å². The van der Waals surface area contributed by atoms with Crippen molar-refractivity contribution in [3.63, 3.8) is 0 Å². The summed E-state index contributed by atoms with van der Waals surface area (Å²) < 4.78 is 54.7. The van der Waals surface area contributed by atoms with Gasteiger partial charge >= 0.3 is 6.18 Å². The molecular weight excluding hydrogens is 506 g/mol. The van der Waals surface area contributed by atoms with Gasteiger partial charge < -0.3 is 9.88 Å². The van der Waals surface area contributed by atoms with E-state index in [1.165, 1.54) is 41.7 Å². The topological polar surface area (TPSA) is 63.5 Å². The van der Waals surface area contributed by atoms with Gasteiger partial charge in [-0.2, -0.15) is 18.2 Å². The van der Waals surface area contributed by atoms with Gasteiger partial charge in [0, 0.05) is 23.2 Å². The van der Waals surface area contributed by atoms with Gasteiger partial charge in [-0.05, 0) is 48.4 Å². The average Bonchev–Trinajstić information content (AvgIpc) is 3.20. The van der Waals surface area contributed by atoms with Crippen LogP contribution >= 0.6 is 11.3 Å². The standard InChI is InChI=1S/C27H21F4N3O2S/c1-17-15-34(26(37-17)33-25(36)22-11-4-5-12-23(22)28)16-19-8-2-3-10-21(19)24(35)32-14-18-7-6-9-20(13-18)27(29,30)31/h2-13,15H,14,16H2,1H3,(H,32,35). The number of aromatic nitrogens is 1. The number of rotatable bonds is 6. The molecule has 0 atom stereocenters. The second kappa shape index (κ2) is 10.9. The van der Waals surface area contributed by atoms with Crippen LogP contribution in [0.3, 0.4) is 0 Å².